The van der Waals surface area contributed by atoms with Crippen LogP contribution in [-0.2, 0) is 59.3 Å². The van der Waals surface area contributed by atoms with E-state index in [9.17, 15) is 32.1 Å². The monoisotopic (exact) mass is 809 g/mol. The van der Waals surface area contributed by atoms with Crippen LogP contribution in [0.15, 0.2) is 63.9 Å². The summed E-state index contributed by atoms with van der Waals surface area (Å²) < 4.78 is 43.6. The molecule has 4 N–H and O–H groups in total. The smallest absolute Gasteiger partial charge is 0.333 e. The molecular formula is C35H39NO15S3. The summed E-state index contributed by atoms with van der Waals surface area (Å²) in [6.45, 7) is 0. The molecule has 2 amide bonds. The topological polar surface area (TPSA) is 233 Å². The third-order valence-corrected chi connectivity index (χ3v) is 12.1. The van der Waals surface area contributed by atoms with Crippen molar-refractivity contribution in [3.05, 3.63) is 70.2 Å². The number of amides is 2. The summed E-state index contributed by atoms with van der Waals surface area (Å²) in [6.07, 6.45) is 12.6. The van der Waals surface area contributed by atoms with E-state index >= 15 is 0 Å². The van der Waals surface area contributed by atoms with Crippen LogP contribution in [0, 0.1) is 17.8 Å². The quantitative estimate of drug-likeness (QED) is 0.0408. The van der Waals surface area contributed by atoms with Crippen molar-refractivity contribution >= 4 is 64.0 Å². The molecule has 2 fully saturated rings. The average Bonchev–Trinajstić information content (AvgIpc) is 3.59. The summed E-state index contributed by atoms with van der Waals surface area (Å²) >= 11 is 1.34. The first kappa shape index (κ1) is 41.5. The average molecular weight is 810 g/mol. The van der Waals surface area contributed by atoms with Gasteiger partial charge in [0.25, 0.3) is 21.9 Å². The SMILES string of the molecule is O=C(O)CCCc1ccc2c(C=CC=C3C=C(SOOO)C4CCC(CCCC(=O)ON5C(=O)CC(SOOO)C5=O)CCC34)cc(S(=O)(=O)O)c-2cc1. The first-order valence-corrected chi connectivity index (χ1v) is 20.1. The van der Waals surface area contributed by atoms with E-state index in [-0.39, 0.29) is 41.9 Å². The second kappa shape index (κ2) is 19.3. The Morgan fingerprint density at radius 3 is 2.37 bits per heavy atom. The van der Waals surface area contributed by atoms with Gasteiger partial charge in [-0.05, 0) is 104 Å². The molecule has 5 aliphatic rings. The van der Waals surface area contributed by atoms with Crippen molar-refractivity contribution in [3.63, 3.8) is 0 Å². The number of aliphatic carboxylic acids is 1. The molecule has 1 aliphatic heterocycles. The van der Waals surface area contributed by atoms with Gasteiger partial charge in [-0.3, -0.25) is 18.9 Å². The number of carbonyl (C=O) groups is 4. The molecular weight excluding hydrogens is 771 g/mol. The van der Waals surface area contributed by atoms with Gasteiger partial charge in [0, 0.05) is 35.4 Å². The van der Waals surface area contributed by atoms with Gasteiger partial charge in [0.15, 0.2) is 0 Å². The van der Waals surface area contributed by atoms with Gasteiger partial charge in [-0.2, -0.15) is 8.42 Å². The highest BCUT2D eigenvalue weighted by Gasteiger charge is 2.43. The molecule has 1 saturated carbocycles. The molecule has 4 atom stereocenters. The molecule has 0 aromatic carbocycles. The number of fused-ring (bicyclic) bond motifs is 2. The lowest BCUT2D eigenvalue weighted by molar-refractivity contribution is -0.432. The van der Waals surface area contributed by atoms with E-state index < -0.39 is 39.1 Å². The zero-order valence-electron chi connectivity index (χ0n) is 28.7. The number of carboxylic acids is 1. The Morgan fingerprint density at radius 1 is 0.944 bits per heavy atom. The lowest BCUT2D eigenvalue weighted by atomic mass is 9.87. The maximum absolute atomic E-state index is 12.5. The van der Waals surface area contributed by atoms with Gasteiger partial charge in [0.2, 0.25) is 0 Å². The van der Waals surface area contributed by atoms with E-state index in [0.717, 1.165) is 53.8 Å². The van der Waals surface area contributed by atoms with E-state index in [2.05, 4.69) is 14.4 Å². The normalized spacial score (nSPS) is 22.6. The Bertz CT molecular complexity index is 1880. The molecule has 5 rings (SSSR count). The third-order valence-electron chi connectivity index (χ3n) is 9.73. The summed E-state index contributed by atoms with van der Waals surface area (Å²) in [5.41, 5.74) is 3.31. The summed E-state index contributed by atoms with van der Waals surface area (Å²) in [4.78, 5) is 53.5. The number of allylic oxidation sites excluding steroid dienone is 5. The minimum Gasteiger partial charge on any atom is -0.481 e. The van der Waals surface area contributed by atoms with Crippen molar-refractivity contribution in [2.45, 2.75) is 80.8 Å². The molecule has 4 unspecified atom stereocenters. The van der Waals surface area contributed by atoms with Gasteiger partial charge in [0.1, 0.15) is 10.1 Å². The van der Waals surface area contributed by atoms with Crippen molar-refractivity contribution in [2.75, 3.05) is 0 Å². The van der Waals surface area contributed by atoms with Gasteiger partial charge >= 0.3 is 11.9 Å². The van der Waals surface area contributed by atoms with Crippen LogP contribution >= 0.6 is 24.1 Å². The third kappa shape index (κ3) is 10.8. The number of rotatable bonds is 18. The van der Waals surface area contributed by atoms with E-state index in [1.54, 1.807) is 30.4 Å². The molecule has 1 heterocycles. The number of hydrogen-bond donors (Lipinski definition) is 4. The van der Waals surface area contributed by atoms with Crippen LogP contribution in [0.5, 0.6) is 0 Å². The minimum atomic E-state index is -4.54. The summed E-state index contributed by atoms with van der Waals surface area (Å²) in [5, 5.41) is 32.8. The van der Waals surface area contributed by atoms with Gasteiger partial charge in [-0.1, -0.05) is 52.6 Å². The number of hydroxylamine groups is 2. The Labute approximate surface area is 319 Å². The number of carboxylic acid groups (broad SMARTS) is 1. The Hall–Kier alpha value is -3.63. The maximum Gasteiger partial charge on any atom is 0.333 e. The van der Waals surface area contributed by atoms with E-state index in [0.29, 0.717) is 59.5 Å². The van der Waals surface area contributed by atoms with E-state index in [1.165, 1.54) is 6.07 Å². The first-order chi connectivity index (χ1) is 25.9. The first-order valence-electron chi connectivity index (χ1n) is 17.1. The van der Waals surface area contributed by atoms with Crippen LogP contribution in [0.1, 0.15) is 75.3 Å². The molecule has 54 heavy (non-hydrogen) atoms. The number of nitrogens with zero attached hydrogens (tertiary/aromatic N) is 1. The summed E-state index contributed by atoms with van der Waals surface area (Å²) in [5.74, 6) is -2.68. The Morgan fingerprint density at radius 2 is 1.67 bits per heavy atom. The summed E-state index contributed by atoms with van der Waals surface area (Å²) in [6, 6.07) is 8.32. The van der Waals surface area contributed by atoms with Crippen LogP contribution < -0.4 is 0 Å². The highest BCUT2D eigenvalue weighted by molar-refractivity contribution is 7.98. The van der Waals surface area contributed by atoms with Crippen LogP contribution in [-0.4, -0.2) is 62.7 Å². The standard InChI is InChI=1S/C35H39NO15S3/c37-32-20-30(53-51-49-43)35(41)36(32)47-34(40)9-2-5-22-10-14-25-23(18-29(52-50-48-42)27(25)16-12-22)6-3-7-24-19-31(54(44,45)46)28-17-13-21(11-15-26(24)28)4-1-8-33(38)39/h3,6-7,11,13,15,17-19,22,25,27,30,42-43H,1-2,4-5,8-10,12,14,16,20H2,(H,38,39)(H,44,45,46). The second-order valence-corrected chi connectivity index (χ2v) is 16.2. The van der Waals surface area contributed by atoms with Gasteiger partial charge < -0.3 is 9.94 Å². The zero-order chi connectivity index (χ0) is 38.8. The van der Waals surface area contributed by atoms with Gasteiger partial charge in [0.05, 0.1) is 18.5 Å². The number of aryl methyl sites for hydroxylation is 1. The van der Waals surface area contributed by atoms with Crippen molar-refractivity contribution in [1.29, 1.82) is 0 Å². The predicted octanol–water partition coefficient (Wildman–Crippen LogP) is 6.60. The van der Waals surface area contributed by atoms with Crippen LogP contribution in [0.2, 0.25) is 0 Å². The second-order valence-electron chi connectivity index (χ2n) is 13.1. The fourth-order valence-corrected chi connectivity index (χ4v) is 9.15. The molecule has 19 heteroatoms. The molecule has 0 bridgehead atoms. The fourth-order valence-electron chi connectivity index (χ4n) is 7.20. The number of carbonyl (C=O) groups excluding carboxylic acids is 3. The lowest BCUT2D eigenvalue weighted by Crippen LogP contribution is -2.34. The molecule has 0 aromatic rings. The minimum absolute atomic E-state index is 0.00529. The van der Waals surface area contributed by atoms with E-state index in [1.807, 2.05) is 18.2 Å². The summed E-state index contributed by atoms with van der Waals surface area (Å²) in [7, 11) is -4.54. The Kier molecular flexibility index (Phi) is 14.8. The number of imide groups is 1. The van der Waals surface area contributed by atoms with E-state index in [4.69, 9.17) is 24.8 Å². The fraction of sp³-hybridized carbons (Fsp3) is 0.429. The highest BCUT2D eigenvalue weighted by atomic mass is 32.2. The van der Waals surface area contributed by atoms with Crippen molar-refractivity contribution in [2.24, 2.45) is 17.8 Å². The van der Waals surface area contributed by atoms with Crippen molar-refractivity contribution < 1.29 is 71.4 Å². The molecule has 1 saturated heterocycles. The molecule has 0 radical (unpaired) electrons. The lowest BCUT2D eigenvalue weighted by Gasteiger charge is -2.19. The largest absolute Gasteiger partial charge is 0.481 e. The van der Waals surface area contributed by atoms with Crippen LogP contribution in [0.3, 0.4) is 0 Å². The molecule has 292 valence electrons. The Balaban J connectivity index is 1.24. The predicted molar refractivity (Wildman–Crippen MR) is 193 cm³/mol. The van der Waals surface area contributed by atoms with Crippen LogP contribution in [0.4, 0.5) is 0 Å². The van der Waals surface area contributed by atoms with Crippen LogP contribution in [0.25, 0.3) is 17.2 Å². The number of hydrogen-bond acceptors (Lipinski definition) is 15. The van der Waals surface area contributed by atoms with Gasteiger partial charge in [-0.25, -0.2) is 15.3 Å². The van der Waals surface area contributed by atoms with Crippen molar-refractivity contribution in [3.8, 4) is 11.1 Å². The van der Waals surface area contributed by atoms with Crippen molar-refractivity contribution in [1.82, 2.24) is 5.06 Å². The zero-order valence-corrected chi connectivity index (χ0v) is 31.2. The molecule has 0 aromatic heterocycles. The molecule has 0 spiro atoms. The highest BCUT2D eigenvalue weighted by Crippen LogP contribution is 2.50. The van der Waals surface area contributed by atoms with Gasteiger partial charge in [-0.15, -0.1) is 13.7 Å². The maximum atomic E-state index is 12.5. The molecule has 16 nitrogen and oxygen atoms in total. The molecule has 4 aliphatic carbocycles.